The number of nitro groups is 1. The van der Waals surface area contributed by atoms with E-state index in [4.69, 9.17) is 39.9 Å². The molecule has 86 valence electrons. The lowest BCUT2D eigenvalue weighted by atomic mass is 10.2. The van der Waals surface area contributed by atoms with Crippen molar-refractivity contribution < 1.29 is 10.0 Å². The van der Waals surface area contributed by atoms with E-state index in [1.54, 1.807) is 0 Å². The van der Waals surface area contributed by atoms with Gasteiger partial charge < -0.3 is 5.11 Å². The number of benzene rings is 1. The highest BCUT2D eigenvalue weighted by Gasteiger charge is 2.13. The number of nitrogens with zero attached hydrogens (tertiary/aromatic N) is 1. The molecule has 1 N–H and O–H groups in total. The van der Waals surface area contributed by atoms with Crippen LogP contribution in [0.4, 0.5) is 0 Å². The quantitative estimate of drug-likeness (QED) is 0.683. The Morgan fingerprint density at radius 3 is 2.25 bits per heavy atom. The lowest BCUT2D eigenvalue weighted by Crippen LogP contribution is -2.03. The average molecular weight is 283 g/mol. The molecule has 0 spiro atoms. The van der Waals surface area contributed by atoms with Gasteiger partial charge in [-0.1, -0.05) is 34.8 Å². The fourth-order valence-corrected chi connectivity index (χ4v) is 1.94. The third-order valence-electron chi connectivity index (χ3n) is 1.75. The van der Waals surface area contributed by atoms with Gasteiger partial charge in [0.2, 0.25) is 0 Å². The van der Waals surface area contributed by atoms with Gasteiger partial charge in [-0.3, -0.25) is 10.1 Å². The molecule has 1 aromatic rings. The van der Waals surface area contributed by atoms with E-state index in [9.17, 15) is 10.1 Å². The Morgan fingerprint density at radius 1 is 1.38 bits per heavy atom. The van der Waals surface area contributed by atoms with E-state index in [2.05, 4.69) is 0 Å². The average Bonchev–Trinajstić information content (AvgIpc) is 2.15. The van der Waals surface area contributed by atoms with Gasteiger partial charge in [0.1, 0.15) is 6.61 Å². The second-order valence-electron chi connectivity index (χ2n) is 2.83. The van der Waals surface area contributed by atoms with Gasteiger partial charge in [0.05, 0.1) is 15.0 Å². The molecule has 0 bridgehead atoms. The summed E-state index contributed by atoms with van der Waals surface area (Å²) in [6, 6.07) is 2.82. The summed E-state index contributed by atoms with van der Waals surface area (Å²) in [5, 5.41) is 20.0. The highest BCUT2D eigenvalue weighted by molar-refractivity contribution is 6.40. The van der Waals surface area contributed by atoms with Crippen molar-refractivity contribution in [2.75, 3.05) is 6.61 Å². The summed E-state index contributed by atoms with van der Waals surface area (Å²) in [5.41, 5.74) is -0.139. The minimum Gasteiger partial charge on any atom is -0.385 e. The lowest BCUT2D eigenvalue weighted by Gasteiger charge is -2.03. The van der Waals surface area contributed by atoms with E-state index < -0.39 is 17.2 Å². The molecule has 0 saturated heterocycles. The molecule has 0 aromatic heterocycles. The van der Waals surface area contributed by atoms with Crippen molar-refractivity contribution in [2.45, 2.75) is 0 Å². The Labute approximate surface area is 106 Å². The molecule has 1 rings (SSSR count). The standard InChI is InChI=1S/C9H6Cl3NO3/c10-5-1-8(11)7(9(12)2-5)3-6(4-14)13(15)16/h1-3,14H,4H2/b6-3+. The maximum Gasteiger partial charge on any atom is 0.272 e. The summed E-state index contributed by atoms with van der Waals surface area (Å²) in [6.45, 7) is -0.706. The summed E-state index contributed by atoms with van der Waals surface area (Å²) in [4.78, 5) is 9.78. The fraction of sp³-hybridized carbons (Fsp3) is 0.111. The van der Waals surface area contributed by atoms with Crippen LogP contribution in [0.1, 0.15) is 5.56 Å². The van der Waals surface area contributed by atoms with Crippen LogP contribution in [0, 0.1) is 10.1 Å². The summed E-state index contributed by atoms with van der Waals surface area (Å²) in [5.74, 6) is 0. The fourth-order valence-electron chi connectivity index (χ4n) is 1.01. The first kappa shape index (κ1) is 13.3. The van der Waals surface area contributed by atoms with E-state index in [1.807, 2.05) is 0 Å². The zero-order valence-corrected chi connectivity index (χ0v) is 10.1. The van der Waals surface area contributed by atoms with Crippen LogP contribution in [-0.2, 0) is 0 Å². The van der Waals surface area contributed by atoms with Crippen LogP contribution in [0.5, 0.6) is 0 Å². The summed E-state index contributed by atoms with van der Waals surface area (Å²) in [7, 11) is 0. The van der Waals surface area contributed by atoms with Crippen LogP contribution in [0.15, 0.2) is 17.8 Å². The normalized spacial score (nSPS) is 11.6. The van der Waals surface area contributed by atoms with Crippen LogP contribution >= 0.6 is 34.8 Å². The molecule has 7 heteroatoms. The van der Waals surface area contributed by atoms with E-state index >= 15 is 0 Å². The van der Waals surface area contributed by atoms with E-state index in [0.717, 1.165) is 6.08 Å². The molecular weight excluding hydrogens is 276 g/mol. The number of halogens is 3. The first-order valence-electron chi connectivity index (χ1n) is 4.06. The zero-order valence-electron chi connectivity index (χ0n) is 7.78. The van der Waals surface area contributed by atoms with Crippen molar-refractivity contribution >= 4 is 40.9 Å². The van der Waals surface area contributed by atoms with Crippen LogP contribution in [0.2, 0.25) is 15.1 Å². The minimum absolute atomic E-state index is 0.185. The maximum absolute atomic E-state index is 10.5. The van der Waals surface area contributed by atoms with Crippen molar-refractivity contribution in [1.29, 1.82) is 0 Å². The van der Waals surface area contributed by atoms with Gasteiger partial charge in [-0.15, -0.1) is 0 Å². The molecule has 0 amide bonds. The van der Waals surface area contributed by atoms with Crippen molar-refractivity contribution in [3.63, 3.8) is 0 Å². The van der Waals surface area contributed by atoms with Crippen molar-refractivity contribution in [3.8, 4) is 0 Å². The summed E-state index contributed by atoms with van der Waals surface area (Å²) < 4.78 is 0. The molecule has 0 fully saturated rings. The molecule has 0 heterocycles. The maximum atomic E-state index is 10.5. The molecule has 0 aliphatic rings. The third-order valence-corrected chi connectivity index (χ3v) is 2.59. The van der Waals surface area contributed by atoms with Gasteiger partial charge >= 0.3 is 0 Å². The first-order valence-corrected chi connectivity index (χ1v) is 5.19. The molecule has 0 aliphatic heterocycles. The van der Waals surface area contributed by atoms with Gasteiger partial charge in [-0.05, 0) is 12.1 Å². The Hall–Kier alpha value is -0.810. The topological polar surface area (TPSA) is 63.4 Å². The third kappa shape index (κ3) is 3.09. The minimum atomic E-state index is -0.707. The van der Waals surface area contributed by atoms with Crippen molar-refractivity contribution in [2.24, 2.45) is 0 Å². The molecule has 4 nitrogen and oxygen atoms in total. The van der Waals surface area contributed by atoms with Crippen LogP contribution in [0.3, 0.4) is 0 Å². The highest BCUT2D eigenvalue weighted by Crippen LogP contribution is 2.30. The van der Waals surface area contributed by atoms with Crippen LogP contribution < -0.4 is 0 Å². The molecule has 16 heavy (non-hydrogen) atoms. The van der Waals surface area contributed by atoms with Gasteiger partial charge in [0.15, 0.2) is 0 Å². The van der Waals surface area contributed by atoms with Gasteiger partial charge in [-0.25, -0.2) is 0 Å². The molecule has 0 saturated carbocycles. The number of rotatable bonds is 3. The Morgan fingerprint density at radius 2 is 1.88 bits per heavy atom. The summed E-state index contributed by atoms with van der Waals surface area (Å²) in [6.07, 6.45) is 1.11. The first-order chi connectivity index (χ1) is 7.45. The van der Waals surface area contributed by atoms with Crippen molar-refractivity contribution in [1.82, 2.24) is 0 Å². The lowest BCUT2D eigenvalue weighted by molar-refractivity contribution is -0.428. The number of aliphatic hydroxyl groups excluding tert-OH is 1. The Balaban J connectivity index is 3.29. The predicted molar refractivity (Wildman–Crippen MR) is 63.5 cm³/mol. The zero-order chi connectivity index (χ0) is 12.3. The van der Waals surface area contributed by atoms with Gasteiger partial charge in [0.25, 0.3) is 5.70 Å². The molecule has 0 atom stereocenters. The second kappa shape index (κ2) is 5.50. The Kier molecular flexibility index (Phi) is 4.56. The molecule has 0 radical (unpaired) electrons. The molecule has 0 aliphatic carbocycles. The highest BCUT2D eigenvalue weighted by atomic mass is 35.5. The van der Waals surface area contributed by atoms with Gasteiger partial charge in [-0.2, -0.15) is 0 Å². The smallest absolute Gasteiger partial charge is 0.272 e. The monoisotopic (exact) mass is 281 g/mol. The van der Waals surface area contributed by atoms with Gasteiger partial charge in [0, 0.05) is 16.7 Å². The predicted octanol–water partition coefficient (Wildman–Crippen LogP) is 3.26. The number of aliphatic hydroxyl groups is 1. The van der Waals surface area contributed by atoms with Crippen LogP contribution in [-0.4, -0.2) is 16.6 Å². The van der Waals surface area contributed by atoms with Crippen LogP contribution in [0.25, 0.3) is 6.08 Å². The number of hydrogen-bond donors (Lipinski definition) is 1. The largest absolute Gasteiger partial charge is 0.385 e. The SMILES string of the molecule is O=[N+]([O-])/C(=C/c1c(Cl)cc(Cl)cc1Cl)CO. The number of hydrogen-bond acceptors (Lipinski definition) is 3. The molecular formula is C9H6Cl3NO3. The van der Waals surface area contributed by atoms with E-state index in [-0.39, 0.29) is 15.6 Å². The molecule has 0 unspecified atom stereocenters. The Bertz CT molecular complexity index is 436. The van der Waals surface area contributed by atoms with E-state index in [1.165, 1.54) is 12.1 Å². The van der Waals surface area contributed by atoms with E-state index in [0.29, 0.717) is 5.02 Å². The second-order valence-corrected chi connectivity index (χ2v) is 4.08. The summed E-state index contributed by atoms with van der Waals surface area (Å²) >= 11 is 17.3. The molecule has 1 aromatic carbocycles. The van der Waals surface area contributed by atoms with Crippen molar-refractivity contribution in [3.05, 3.63) is 48.6 Å².